The Kier molecular flexibility index (Phi) is 4.06. The summed E-state index contributed by atoms with van der Waals surface area (Å²) in [5, 5.41) is 0. The van der Waals surface area contributed by atoms with E-state index in [1.807, 2.05) is 0 Å². The molecule has 0 unspecified atom stereocenters. The first-order chi connectivity index (χ1) is 11.6. The van der Waals surface area contributed by atoms with Gasteiger partial charge in [-0.2, -0.15) is 13.2 Å². The molecule has 3 aromatic rings. The molecule has 0 N–H and O–H groups in total. The van der Waals surface area contributed by atoms with E-state index in [-0.39, 0.29) is 27.6 Å². The predicted molar refractivity (Wildman–Crippen MR) is 86.7 cm³/mol. The first kappa shape index (κ1) is 17.4. The van der Waals surface area contributed by atoms with Gasteiger partial charge in [-0.05, 0) is 24.3 Å². The Balaban J connectivity index is 2.27. The predicted octanol–water partition coefficient (Wildman–Crippen LogP) is 3.45. The number of nitrogens with zero attached hydrogens (tertiary/aromatic N) is 3. The fraction of sp³-hybridized carbons (Fsp3) is 0.250. The highest BCUT2D eigenvalue weighted by atomic mass is 32.2. The molecule has 9 heteroatoms. The molecule has 0 spiro atoms. The van der Waals surface area contributed by atoms with E-state index in [2.05, 4.69) is 9.97 Å². The van der Waals surface area contributed by atoms with Crippen LogP contribution in [0.4, 0.5) is 13.2 Å². The van der Waals surface area contributed by atoms with Crippen molar-refractivity contribution in [2.45, 2.75) is 18.0 Å². The second kappa shape index (κ2) is 5.83. The van der Waals surface area contributed by atoms with Crippen molar-refractivity contribution in [2.24, 2.45) is 7.05 Å². The number of pyridine rings is 1. The lowest BCUT2D eigenvalue weighted by Gasteiger charge is -2.09. The molecule has 25 heavy (non-hydrogen) atoms. The van der Waals surface area contributed by atoms with Crippen LogP contribution >= 0.6 is 0 Å². The molecule has 0 radical (unpaired) electrons. The summed E-state index contributed by atoms with van der Waals surface area (Å²) in [6.45, 7) is 1.53. The highest BCUT2D eigenvalue weighted by molar-refractivity contribution is 7.91. The number of halogens is 3. The largest absolute Gasteiger partial charge is 0.433 e. The van der Waals surface area contributed by atoms with Crippen LogP contribution in [0.15, 0.2) is 41.3 Å². The van der Waals surface area contributed by atoms with Crippen molar-refractivity contribution >= 4 is 21.0 Å². The number of fused-ring (bicyclic) bond motifs is 1. The van der Waals surface area contributed by atoms with Gasteiger partial charge < -0.3 is 4.57 Å². The molecular formula is C16H14F3N3O2S. The second-order valence-corrected chi connectivity index (χ2v) is 7.68. The number of rotatable bonds is 3. The molecule has 0 bridgehead atoms. The van der Waals surface area contributed by atoms with Gasteiger partial charge in [0, 0.05) is 12.6 Å². The van der Waals surface area contributed by atoms with Crippen molar-refractivity contribution in [3.8, 4) is 11.4 Å². The average Bonchev–Trinajstić information content (AvgIpc) is 2.90. The van der Waals surface area contributed by atoms with Crippen molar-refractivity contribution in [3.63, 3.8) is 0 Å². The van der Waals surface area contributed by atoms with E-state index in [1.165, 1.54) is 30.7 Å². The maximum absolute atomic E-state index is 12.9. The van der Waals surface area contributed by atoms with Crippen LogP contribution in [0.1, 0.15) is 12.6 Å². The third-order valence-electron chi connectivity index (χ3n) is 3.85. The first-order valence-electron chi connectivity index (χ1n) is 7.38. The molecule has 0 amide bonds. The summed E-state index contributed by atoms with van der Waals surface area (Å²) in [5.74, 6) is 0.152. The number of alkyl halides is 3. The fourth-order valence-corrected chi connectivity index (χ4v) is 3.63. The lowest BCUT2D eigenvalue weighted by molar-refractivity contribution is -0.141. The fourth-order valence-electron chi connectivity index (χ4n) is 2.54. The van der Waals surface area contributed by atoms with Gasteiger partial charge in [-0.1, -0.05) is 19.1 Å². The van der Waals surface area contributed by atoms with Gasteiger partial charge >= 0.3 is 6.18 Å². The quantitative estimate of drug-likeness (QED) is 0.709. The summed E-state index contributed by atoms with van der Waals surface area (Å²) in [6, 6.07) is 8.36. The number of aryl methyl sites for hydroxylation is 1. The van der Waals surface area contributed by atoms with Crippen molar-refractivity contribution in [1.82, 2.24) is 14.5 Å². The van der Waals surface area contributed by atoms with Crippen molar-refractivity contribution in [3.05, 3.63) is 42.1 Å². The van der Waals surface area contributed by atoms with E-state index in [0.29, 0.717) is 5.56 Å². The van der Waals surface area contributed by atoms with E-state index >= 15 is 0 Å². The number of hydrogen-bond donors (Lipinski definition) is 0. The molecule has 2 heterocycles. The summed E-state index contributed by atoms with van der Waals surface area (Å²) in [7, 11) is -2.01. The van der Waals surface area contributed by atoms with Crippen molar-refractivity contribution in [1.29, 1.82) is 0 Å². The average molecular weight is 369 g/mol. The molecule has 0 saturated carbocycles. The standard InChI is InChI=1S/C16H14F3N3O2S/c1-3-25(23,24)12-7-5-4-6-10(12)14-20-11-8-9-13(16(17,18)19)21-15(11)22(14)2/h4-9H,3H2,1-2H3. The summed E-state index contributed by atoms with van der Waals surface area (Å²) in [6.07, 6.45) is -4.57. The van der Waals surface area contributed by atoms with Crippen LogP contribution < -0.4 is 0 Å². The zero-order valence-electron chi connectivity index (χ0n) is 13.4. The van der Waals surface area contributed by atoms with Crippen LogP contribution in [0.5, 0.6) is 0 Å². The van der Waals surface area contributed by atoms with Gasteiger partial charge in [-0.3, -0.25) is 0 Å². The van der Waals surface area contributed by atoms with Crippen molar-refractivity contribution < 1.29 is 21.6 Å². The van der Waals surface area contributed by atoms with Crippen molar-refractivity contribution in [2.75, 3.05) is 5.75 Å². The molecule has 0 saturated heterocycles. The van der Waals surface area contributed by atoms with Gasteiger partial charge in [-0.15, -0.1) is 0 Å². The lowest BCUT2D eigenvalue weighted by atomic mass is 10.2. The molecular weight excluding hydrogens is 355 g/mol. The molecule has 0 aliphatic rings. The number of imidazole rings is 1. The number of aromatic nitrogens is 3. The maximum atomic E-state index is 12.9. The van der Waals surface area contributed by atoms with Crippen LogP contribution in [-0.4, -0.2) is 28.7 Å². The van der Waals surface area contributed by atoms with Gasteiger partial charge in [0.25, 0.3) is 0 Å². The van der Waals surface area contributed by atoms with Crippen LogP contribution in [-0.2, 0) is 23.1 Å². The zero-order chi connectivity index (χ0) is 18.4. The third kappa shape index (κ3) is 2.99. The van der Waals surface area contributed by atoms with Gasteiger partial charge in [0.05, 0.1) is 10.6 Å². The van der Waals surface area contributed by atoms with Crippen LogP contribution in [0.2, 0.25) is 0 Å². The maximum Gasteiger partial charge on any atom is 0.433 e. The Bertz CT molecular complexity index is 1060. The Labute approximate surface area is 142 Å². The van der Waals surface area contributed by atoms with Crippen LogP contribution in [0.3, 0.4) is 0 Å². The SMILES string of the molecule is CCS(=O)(=O)c1ccccc1-c1nc2ccc(C(F)(F)F)nc2n1C. The van der Waals surface area contributed by atoms with Crippen LogP contribution in [0, 0.1) is 0 Å². The molecule has 5 nitrogen and oxygen atoms in total. The molecule has 1 aromatic carbocycles. The van der Waals surface area contributed by atoms with E-state index in [4.69, 9.17) is 0 Å². The molecule has 0 fully saturated rings. The second-order valence-electron chi connectivity index (χ2n) is 5.43. The zero-order valence-corrected chi connectivity index (χ0v) is 14.2. The molecule has 0 aliphatic heterocycles. The Hall–Kier alpha value is -2.42. The molecule has 0 atom stereocenters. The summed E-state index contributed by atoms with van der Waals surface area (Å²) in [4.78, 5) is 8.00. The van der Waals surface area contributed by atoms with Gasteiger partial charge in [-0.25, -0.2) is 18.4 Å². The van der Waals surface area contributed by atoms with E-state index in [0.717, 1.165) is 6.07 Å². The first-order valence-corrected chi connectivity index (χ1v) is 9.03. The third-order valence-corrected chi connectivity index (χ3v) is 5.64. The van der Waals surface area contributed by atoms with Gasteiger partial charge in [0.15, 0.2) is 15.5 Å². The van der Waals surface area contributed by atoms with E-state index in [9.17, 15) is 21.6 Å². The van der Waals surface area contributed by atoms with Gasteiger partial charge in [0.2, 0.25) is 0 Å². The monoisotopic (exact) mass is 369 g/mol. The number of hydrogen-bond acceptors (Lipinski definition) is 4. The Morgan fingerprint density at radius 3 is 2.40 bits per heavy atom. The summed E-state index contributed by atoms with van der Waals surface area (Å²) < 4.78 is 64.6. The molecule has 2 aromatic heterocycles. The highest BCUT2D eigenvalue weighted by Gasteiger charge is 2.33. The van der Waals surface area contributed by atoms with E-state index < -0.39 is 21.7 Å². The topological polar surface area (TPSA) is 64.8 Å². The minimum Gasteiger partial charge on any atom is -0.312 e. The minimum absolute atomic E-state index is 0.0357. The number of sulfone groups is 1. The minimum atomic E-state index is -4.57. The molecule has 132 valence electrons. The summed E-state index contributed by atoms with van der Waals surface area (Å²) >= 11 is 0. The Morgan fingerprint density at radius 2 is 1.76 bits per heavy atom. The van der Waals surface area contributed by atoms with Crippen LogP contribution in [0.25, 0.3) is 22.6 Å². The molecule has 3 rings (SSSR count). The normalized spacial score (nSPS) is 12.7. The highest BCUT2D eigenvalue weighted by Crippen LogP contribution is 2.32. The molecule has 0 aliphatic carbocycles. The number of benzene rings is 1. The van der Waals surface area contributed by atoms with Gasteiger partial charge in [0.1, 0.15) is 17.0 Å². The lowest BCUT2D eigenvalue weighted by Crippen LogP contribution is -2.09. The van der Waals surface area contributed by atoms with E-state index in [1.54, 1.807) is 18.2 Å². The summed E-state index contributed by atoms with van der Waals surface area (Å²) in [5.41, 5.74) is -0.398. The smallest absolute Gasteiger partial charge is 0.312 e. The Morgan fingerprint density at radius 1 is 1.08 bits per heavy atom.